The van der Waals surface area contributed by atoms with Crippen molar-refractivity contribution in [3.8, 4) is 0 Å². The van der Waals surface area contributed by atoms with Crippen molar-refractivity contribution in [3.05, 3.63) is 35.9 Å². The SMILES string of the molecule is COCC(=O)N1CC(c2ccccc2)NCC1(C)C. The number of nitrogens with zero attached hydrogens (tertiary/aromatic N) is 1. The fourth-order valence-electron chi connectivity index (χ4n) is 2.51. The van der Waals surface area contributed by atoms with E-state index in [1.54, 1.807) is 7.11 Å². The van der Waals surface area contributed by atoms with E-state index >= 15 is 0 Å². The van der Waals surface area contributed by atoms with Gasteiger partial charge in [-0.25, -0.2) is 0 Å². The highest BCUT2D eigenvalue weighted by Crippen LogP contribution is 2.25. The average molecular weight is 262 g/mol. The van der Waals surface area contributed by atoms with Gasteiger partial charge in [0.25, 0.3) is 0 Å². The third kappa shape index (κ3) is 3.14. The van der Waals surface area contributed by atoms with Crippen molar-refractivity contribution in [1.82, 2.24) is 10.2 Å². The lowest BCUT2D eigenvalue weighted by Crippen LogP contribution is -2.61. The highest BCUT2D eigenvalue weighted by Gasteiger charge is 2.37. The lowest BCUT2D eigenvalue weighted by atomic mass is 9.94. The molecule has 1 aliphatic rings. The number of ether oxygens (including phenoxy) is 1. The molecule has 1 unspecified atom stereocenters. The summed E-state index contributed by atoms with van der Waals surface area (Å²) >= 11 is 0. The van der Waals surface area contributed by atoms with Crippen LogP contribution < -0.4 is 5.32 Å². The Labute approximate surface area is 114 Å². The van der Waals surface area contributed by atoms with Gasteiger partial charge in [-0.15, -0.1) is 0 Å². The monoisotopic (exact) mass is 262 g/mol. The number of amides is 1. The third-order valence-corrected chi connectivity index (χ3v) is 3.65. The maximum Gasteiger partial charge on any atom is 0.249 e. The second-order valence-corrected chi connectivity index (χ2v) is 5.59. The molecule has 1 saturated heterocycles. The van der Waals surface area contributed by atoms with Crippen molar-refractivity contribution >= 4 is 5.91 Å². The molecule has 4 heteroatoms. The van der Waals surface area contributed by atoms with Gasteiger partial charge in [-0.2, -0.15) is 0 Å². The van der Waals surface area contributed by atoms with Gasteiger partial charge in [-0.05, 0) is 19.4 Å². The predicted octanol–water partition coefficient (Wildman–Crippen LogP) is 1.58. The quantitative estimate of drug-likeness (QED) is 0.899. The first-order valence-corrected chi connectivity index (χ1v) is 6.62. The zero-order chi connectivity index (χ0) is 13.9. The van der Waals surface area contributed by atoms with Gasteiger partial charge in [0.05, 0.1) is 0 Å². The molecular formula is C15H22N2O2. The molecule has 0 bridgehead atoms. The number of hydrogen-bond donors (Lipinski definition) is 1. The van der Waals surface area contributed by atoms with Crippen LogP contribution in [0.25, 0.3) is 0 Å². The van der Waals surface area contributed by atoms with Gasteiger partial charge in [0, 0.05) is 31.8 Å². The van der Waals surface area contributed by atoms with Crippen LogP contribution in [-0.2, 0) is 9.53 Å². The minimum atomic E-state index is -0.180. The molecule has 104 valence electrons. The average Bonchev–Trinajstić information content (AvgIpc) is 2.39. The highest BCUT2D eigenvalue weighted by molar-refractivity contribution is 5.78. The summed E-state index contributed by atoms with van der Waals surface area (Å²) in [6.45, 7) is 5.76. The molecule has 1 N–H and O–H groups in total. The topological polar surface area (TPSA) is 41.6 Å². The van der Waals surface area contributed by atoms with Gasteiger partial charge in [-0.1, -0.05) is 30.3 Å². The maximum atomic E-state index is 12.2. The number of hydrogen-bond acceptors (Lipinski definition) is 3. The smallest absolute Gasteiger partial charge is 0.249 e. The van der Waals surface area contributed by atoms with Crippen molar-refractivity contribution in [2.24, 2.45) is 0 Å². The summed E-state index contributed by atoms with van der Waals surface area (Å²) in [6.07, 6.45) is 0. The van der Waals surface area contributed by atoms with Crippen molar-refractivity contribution < 1.29 is 9.53 Å². The molecule has 0 saturated carbocycles. The summed E-state index contributed by atoms with van der Waals surface area (Å²) in [7, 11) is 1.56. The number of piperazine rings is 1. The summed E-state index contributed by atoms with van der Waals surface area (Å²) in [6, 6.07) is 10.4. The Hall–Kier alpha value is -1.39. The molecule has 2 rings (SSSR count). The van der Waals surface area contributed by atoms with Gasteiger partial charge in [0.1, 0.15) is 6.61 Å². The van der Waals surface area contributed by atoms with Crippen LogP contribution in [0.4, 0.5) is 0 Å². The van der Waals surface area contributed by atoms with Crippen LogP contribution in [0.5, 0.6) is 0 Å². The fourth-order valence-corrected chi connectivity index (χ4v) is 2.51. The van der Waals surface area contributed by atoms with E-state index in [4.69, 9.17) is 4.74 Å². The number of methoxy groups -OCH3 is 1. The lowest BCUT2D eigenvalue weighted by Gasteiger charge is -2.46. The number of carbonyl (C=O) groups excluding carboxylic acids is 1. The van der Waals surface area contributed by atoms with Gasteiger partial charge < -0.3 is 15.0 Å². The van der Waals surface area contributed by atoms with Gasteiger partial charge in [-0.3, -0.25) is 4.79 Å². The Kier molecular flexibility index (Phi) is 4.22. The molecule has 1 fully saturated rings. The van der Waals surface area contributed by atoms with Crippen LogP contribution in [0.15, 0.2) is 30.3 Å². The van der Waals surface area contributed by atoms with E-state index in [9.17, 15) is 4.79 Å². The Balaban J connectivity index is 2.14. The highest BCUT2D eigenvalue weighted by atomic mass is 16.5. The van der Waals surface area contributed by atoms with Crippen LogP contribution in [-0.4, -0.2) is 43.2 Å². The van der Waals surface area contributed by atoms with Crippen molar-refractivity contribution in [2.45, 2.75) is 25.4 Å². The molecule has 1 amide bonds. The molecule has 0 aromatic heterocycles. The number of benzene rings is 1. The molecule has 1 aliphatic heterocycles. The molecule has 0 aliphatic carbocycles. The maximum absolute atomic E-state index is 12.2. The van der Waals surface area contributed by atoms with E-state index in [0.717, 1.165) is 6.54 Å². The molecule has 0 radical (unpaired) electrons. The van der Waals surface area contributed by atoms with Crippen LogP contribution in [0.2, 0.25) is 0 Å². The Morgan fingerprint density at radius 1 is 1.42 bits per heavy atom. The van der Waals surface area contributed by atoms with Gasteiger partial charge >= 0.3 is 0 Å². The van der Waals surface area contributed by atoms with Crippen LogP contribution >= 0.6 is 0 Å². The predicted molar refractivity (Wildman–Crippen MR) is 74.9 cm³/mol. The summed E-state index contributed by atoms with van der Waals surface area (Å²) < 4.78 is 4.98. The van der Waals surface area contributed by atoms with Crippen molar-refractivity contribution in [3.63, 3.8) is 0 Å². The number of rotatable bonds is 3. The zero-order valence-electron chi connectivity index (χ0n) is 11.8. The molecule has 1 atom stereocenters. The number of carbonyl (C=O) groups is 1. The van der Waals surface area contributed by atoms with Crippen LogP contribution in [0, 0.1) is 0 Å². The lowest BCUT2D eigenvalue weighted by molar-refractivity contribution is -0.142. The van der Waals surface area contributed by atoms with Crippen LogP contribution in [0.3, 0.4) is 0 Å². The fraction of sp³-hybridized carbons (Fsp3) is 0.533. The first kappa shape index (κ1) is 14.0. The first-order valence-electron chi connectivity index (χ1n) is 6.62. The van der Waals surface area contributed by atoms with E-state index in [0.29, 0.717) is 6.54 Å². The largest absolute Gasteiger partial charge is 0.375 e. The van der Waals surface area contributed by atoms with Gasteiger partial charge in [0.15, 0.2) is 0 Å². The standard InChI is InChI=1S/C15H22N2O2/c1-15(2)11-16-13(12-7-5-4-6-8-12)9-17(15)14(18)10-19-3/h4-8,13,16H,9-11H2,1-3H3. The molecule has 4 nitrogen and oxygen atoms in total. The van der Waals surface area contributed by atoms with E-state index in [1.807, 2.05) is 23.1 Å². The summed E-state index contributed by atoms with van der Waals surface area (Å²) in [5.74, 6) is 0.0509. The second kappa shape index (κ2) is 5.72. The van der Waals surface area contributed by atoms with Crippen LogP contribution in [0.1, 0.15) is 25.5 Å². The molecule has 0 spiro atoms. The summed E-state index contributed by atoms with van der Waals surface area (Å²) in [5.41, 5.74) is 1.04. The Bertz CT molecular complexity index is 431. The van der Waals surface area contributed by atoms with E-state index in [-0.39, 0.29) is 24.1 Å². The molecule has 1 aromatic carbocycles. The number of nitrogens with one attached hydrogen (secondary N) is 1. The Morgan fingerprint density at radius 2 is 2.11 bits per heavy atom. The summed E-state index contributed by atoms with van der Waals surface area (Å²) in [4.78, 5) is 14.1. The third-order valence-electron chi connectivity index (χ3n) is 3.65. The normalized spacial score (nSPS) is 22.3. The zero-order valence-corrected chi connectivity index (χ0v) is 11.8. The molecule has 1 heterocycles. The van der Waals surface area contributed by atoms with E-state index < -0.39 is 0 Å². The summed E-state index contributed by atoms with van der Waals surface area (Å²) in [5, 5.41) is 3.52. The molecular weight excluding hydrogens is 240 g/mol. The van der Waals surface area contributed by atoms with E-state index in [1.165, 1.54) is 5.56 Å². The minimum absolute atomic E-state index is 0.0509. The van der Waals surface area contributed by atoms with Gasteiger partial charge in [0.2, 0.25) is 5.91 Å². The van der Waals surface area contributed by atoms with Crippen molar-refractivity contribution in [2.75, 3.05) is 26.8 Å². The van der Waals surface area contributed by atoms with E-state index in [2.05, 4.69) is 31.3 Å². The van der Waals surface area contributed by atoms with Crippen molar-refractivity contribution in [1.29, 1.82) is 0 Å². The molecule has 19 heavy (non-hydrogen) atoms. The second-order valence-electron chi connectivity index (χ2n) is 5.59. The molecule has 1 aromatic rings. The first-order chi connectivity index (χ1) is 9.04. The minimum Gasteiger partial charge on any atom is -0.375 e. The Morgan fingerprint density at radius 3 is 2.74 bits per heavy atom.